The van der Waals surface area contributed by atoms with Crippen LogP contribution in [-0.4, -0.2) is 33.1 Å². The highest BCUT2D eigenvalue weighted by Crippen LogP contribution is 2.39. The van der Waals surface area contributed by atoms with Gasteiger partial charge in [0, 0.05) is 5.69 Å². The zero-order valence-electron chi connectivity index (χ0n) is 11.7. The molecule has 0 aliphatic carbocycles. The molecular weight excluding hydrogens is 376 g/mol. The molecule has 122 valence electrons. The Balaban J connectivity index is 2.36. The molecule has 0 spiro atoms. The minimum absolute atomic E-state index is 0.00523. The molecule has 0 saturated carbocycles. The Hall–Kier alpha value is -0.600. The third kappa shape index (κ3) is 3.33. The van der Waals surface area contributed by atoms with Crippen LogP contribution in [-0.2, 0) is 0 Å². The lowest BCUT2D eigenvalue weighted by molar-refractivity contribution is -0.0458. The molecule has 1 fully saturated rings. The van der Waals surface area contributed by atoms with Gasteiger partial charge in [-0.25, -0.2) is 4.79 Å². The van der Waals surface area contributed by atoms with Gasteiger partial charge in [0.2, 0.25) is 0 Å². The van der Waals surface area contributed by atoms with Crippen molar-refractivity contribution in [2.75, 3.05) is 12.0 Å². The number of hydrazine groups is 1. The minimum Gasteiger partial charge on any atom is -0.495 e. The van der Waals surface area contributed by atoms with E-state index in [2.05, 4.69) is 0 Å². The molecule has 1 aromatic carbocycles. The Labute approximate surface area is 146 Å². The summed E-state index contributed by atoms with van der Waals surface area (Å²) in [5.41, 5.74) is 0.453. The normalized spacial score (nSPS) is 19.4. The molecule has 1 atom stereocenters. The van der Waals surface area contributed by atoms with E-state index in [1.54, 1.807) is 18.2 Å². The van der Waals surface area contributed by atoms with Crippen molar-refractivity contribution >= 4 is 58.5 Å². The van der Waals surface area contributed by atoms with Crippen LogP contribution in [0, 0.1) is 0 Å². The second-order valence-electron chi connectivity index (χ2n) is 4.29. The van der Waals surface area contributed by atoms with Gasteiger partial charge in [-0.2, -0.15) is 0 Å². The predicted molar refractivity (Wildman–Crippen MR) is 87.8 cm³/mol. The topological polar surface area (TPSA) is 36.0 Å². The van der Waals surface area contributed by atoms with E-state index in [1.807, 2.05) is 6.92 Å². The summed E-state index contributed by atoms with van der Waals surface area (Å²) in [7, 11) is 1.49. The van der Waals surface area contributed by atoms with Crippen molar-refractivity contribution < 1.29 is 14.0 Å². The molecule has 22 heavy (non-hydrogen) atoms. The quantitative estimate of drug-likeness (QED) is 0.411. The maximum atomic E-state index is 14.1. The Morgan fingerprint density at radius 3 is 2.64 bits per heavy atom. The van der Waals surface area contributed by atoms with Gasteiger partial charge in [-0.05, 0) is 36.6 Å². The van der Waals surface area contributed by atoms with E-state index in [9.17, 15) is 9.28 Å². The average Bonchev–Trinajstić information content (AvgIpc) is 2.71. The maximum absolute atomic E-state index is 14.1. The summed E-state index contributed by atoms with van der Waals surface area (Å²) >= 11 is 18.2. The Morgan fingerprint density at radius 2 is 2.14 bits per heavy atom. The Bertz CT molecular complexity index is 566. The average molecular weight is 389 g/mol. The summed E-state index contributed by atoms with van der Waals surface area (Å²) in [6, 6.07) is 3.95. The van der Waals surface area contributed by atoms with Gasteiger partial charge in [0.1, 0.15) is 11.9 Å². The minimum atomic E-state index is -0.903. The first-order chi connectivity index (χ1) is 10.4. The first-order valence-corrected chi connectivity index (χ1v) is 8.36. The van der Waals surface area contributed by atoms with E-state index in [0.717, 1.165) is 16.4 Å². The zero-order chi connectivity index (χ0) is 16.4. The van der Waals surface area contributed by atoms with Gasteiger partial charge >= 0.3 is 6.03 Å². The van der Waals surface area contributed by atoms with Crippen LogP contribution < -0.4 is 9.64 Å². The molecule has 0 N–H and O–H groups in total. The van der Waals surface area contributed by atoms with E-state index in [0.29, 0.717) is 22.9 Å². The number of ether oxygens (including phenoxy) is 1. The van der Waals surface area contributed by atoms with Crippen LogP contribution in [0.1, 0.15) is 13.3 Å². The Kier molecular flexibility index (Phi) is 5.90. The van der Waals surface area contributed by atoms with Crippen LogP contribution in [0.2, 0.25) is 5.02 Å². The third-order valence-electron chi connectivity index (χ3n) is 3.06. The summed E-state index contributed by atoms with van der Waals surface area (Å²) in [5.74, 6) is 0.468. The van der Waals surface area contributed by atoms with Crippen molar-refractivity contribution in [1.29, 1.82) is 0 Å². The number of anilines is 1. The molecule has 1 aliphatic rings. The fourth-order valence-electron chi connectivity index (χ4n) is 2.14. The highest BCUT2D eigenvalue weighted by atomic mass is 35.5. The molecular formula is C12H13Cl3FN3O2S. The molecule has 5 nitrogen and oxygen atoms in total. The fourth-order valence-corrected chi connectivity index (χ4v) is 3.58. The van der Waals surface area contributed by atoms with Crippen LogP contribution in [0.4, 0.5) is 15.0 Å². The van der Waals surface area contributed by atoms with Gasteiger partial charge in [0.15, 0.2) is 4.17 Å². The molecule has 10 heteroatoms. The number of methoxy groups -OCH3 is 1. The number of halogens is 4. The first-order valence-electron chi connectivity index (χ1n) is 6.27. The molecule has 1 heterocycles. The van der Waals surface area contributed by atoms with Crippen molar-refractivity contribution in [3.8, 4) is 5.75 Å². The number of hydrogen-bond acceptors (Lipinski definition) is 4. The van der Waals surface area contributed by atoms with Crippen molar-refractivity contribution in [3.05, 3.63) is 23.2 Å². The summed E-state index contributed by atoms with van der Waals surface area (Å²) < 4.78 is 19.4. The molecule has 1 saturated heterocycles. The lowest BCUT2D eigenvalue weighted by atomic mass is 10.2. The van der Waals surface area contributed by atoms with Crippen LogP contribution in [0.5, 0.6) is 5.75 Å². The smallest absolute Gasteiger partial charge is 0.370 e. The summed E-state index contributed by atoms with van der Waals surface area (Å²) in [5, 5.41) is 0.320. The molecule has 1 aromatic rings. The standard InChI is InChI=1S/C12H13Cl3FN3O2S/c1-3-10-17(7-4-5-9(21-2)8(13)6-7)12(20)18(16)19(10)22-11(14)15/h4-6,10-11H,3H2,1-2H3. The lowest BCUT2D eigenvalue weighted by Crippen LogP contribution is -2.37. The van der Waals surface area contributed by atoms with Crippen LogP contribution in [0.25, 0.3) is 0 Å². The molecule has 0 aromatic heterocycles. The van der Waals surface area contributed by atoms with E-state index in [-0.39, 0.29) is 5.23 Å². The van der Waals surface area contributed by atoms with Crippen LogP contribution in [0.15, 0.2) is 18.2 Å². The number of carbonyl (C=O) groups excluding carboxylic acids is 1. The van der Waals surface area contributed by atoms with Gasteiger partial charge in [0.05, 0.1) is 12.1 Å². The molecule has 0 radical (unpaired) electrons. The van der Waals surface area contributed by atoms with Crippen LogP contribution in [0.3, 0.4) is 0 Å². The van der Waals surface area contributed by atoms with Gasteiger partial charge in [-0.3, -0.25) is 4.90 Å². The SMILES string of the molecule is CCC1N(c2ccc(OC)c(Cl)c2)C(=O)N(F)N1SC(Cl)Cl. The van der Waals surface area contributed by atoms with E-state index < -0.39 is 16.4 Å². The van der Waals surface area contributed by atoms with Crippen molar-refractivity contribution in [3.63, 3.8) is 0 Å². The Morgan fingerprint density at radius 1 is 1.45 bits per heavy atom. The van der Waals surface area contributed by atoms with Gasteiger partial charge in [0.25, 0.3) is 0 Å². The number of amides is 2. The predicted octanol–water partition coefficient (Wildman–Crippen LogP) is 4.84. The van der Waals surface area contributed by atoms with Crippen LogP contribution >= 0.6 is 46.8 Å². The molecule has 2 amide bonds. The first kappa shape index (κ1) is 17.7. The lowest BCUT2D eigenvalue weighted by Gasteiger charge is -2.26. The number of rotatable bonds is 5. The molecule has 2 rings (SSSR count). The summed E-state index contributed by atoms with van der Waals surface area (Å²) in [6.07, 6.45) is -0.115. The van der Waals surface area contributed by atoms with Gasteiger partial charge in [-0.15, -0.1) is 4.41 Å². The van der Waals surface area contributed by atoms with E-state index in [1.165, 1.54) is 12.0 Å². The highest BCUT2D eigenvalue weighted by Gasteiger charge is 2.46. The number of alkyl halides is 2. The fraction of sp³-hybridized carbons (Fsp3) is 0.417. The zero-order valence-corrected chi connectivity index (χ0v) is 14.8. The van der Waals surface area contributed by atoms with Crippen molar-refractivity contribution in [1.82, 2.24) is 9.65 Å². The second-order valence-corrected chi connectivity index (χ2v) is 7.37. The van der Waals surface area contributed by atoms with Gasteiger partial charge < -0.3 is 4.74 Å². The second kappa shape index (κ2) is 7.31. The molecule has 1 unspecified atom stereocenters. The van der Waals surface area contributed by atoms with Crippen molar-refractivity contribution in [2.45, 2.75) is 23.7 Å². The number of carbonyl (C=O) groups is 1. The van der Waals surface area contributed by atoms with Crippen molar-refractivity contribution in [2.24, 2.45) is 0 Å². The van der Waals surface area contributed by atoms with E-state index in [4.69, 9.17) is 39.5 Å². The monoisotopic (exact) mass is 387 g/mol. The number of nitrogens with zero attached hydrogens (tertiary/aromatic N) is 3. The highest BCUT2D eigenvalue weighted by molar-refractivity contribution is 8.00. The largest absolute Gasteiger partial charge is 0.495 e. The van der Waals surface area contributed by atoms with E-state index >= 15 is 0 Å². The number of benzene rings is 1. The van der Waals surface area contributed by atoms with Gasteiger partial charge in [-0.1, -0.05) is 51.4 Å². The summed E-state index contributed by atoms with van der Waals surface area (Å²) in [4.78, 5) is 13.5. The third-order valence-corrected chi connectivity index (χ3v) is 4.59. The number of hydrogen-bond donors (Lipinski definition) is 0. The summed E-state index contributed by atoms with van der Waals surface area (Å²) in [6.45, 7) is 1.82. The molecule has 0 bridgehead atoms. The maximum Gasteiger partial charge on any atom is 0.370 e. The molecule has 1 aliphatic heterocycles. The number of urea groups is 1.